The number of sulfonamides is 1. The molecule has 1 fully saturated rings. The van der Waals surface area contributed by atoms with E-state index in [1.165, 1.54) is 15.6 Å². The maximum absolute atomic E-state index is 13.5. The summed E-state index contributed by atoms with van der Waals surface area (Å²) in [5.74, 6) is -0.382. The van der Waals surface area contributed by atoms with Crippen molar-refractivity contribution in [2.24, 2.45) is 5.92 Å². The first-order valence-corrected chi connectivity index (χ1v) is 13.7. The van der Waals surface area contributed by atoms with Gasteiger partial charge in [-0.1, -0.05) is 47.7 Å². The van der Waals surface area contributed by atoms with E-state index in [1.54, 1.807) is 0 Å². The summed E-state index contributed by atoms with van der Waals surface area (Å²) in [5, 5.41) is 12.5. The predicted molar refractivity (Wildman–Crippen MR) is 135 cm³/mol. The standard InChI is InChI=1S/C25H30N4O3S2/c1-16-14-17(2)19(4)23(18(16)3)34(31,32)29-12-10-21(11-13-29)24(30)26-25-28-27-22(33-25)15-20-8-6-5-7-9-20/h5-9,14,21H,10-13,15H2,1-4H3,(H,26,28,30). The van der Waals surface area contributed by atoms with Gasteiger partial charge < -0.3 is 5.32 Å². The molecule has 2 aromatic carbocycles. The lowest BCUT2D eigenvalue weighted by Gasteiger charge is -2.31. The van der Waals surface area contributed by atoms with E-state index in [4.69, 9.17) is 0 Å². The molecule has 0 saturated carbocycles. The van der Waals surface area contributed by atoms with E-state index in [-0.39, 0.29) is 11.8 Å². The van der Waals surface area contributed by atoms with Gasteiger partial charge in [-0.15, -0.1) is 10.2 Å². The fourth-order valence-corrected chi connectivity index (χ4v) is 7.23. The third kappa shape index (κ3) is 5.06. The molecule has 1 amide bonds. The predicted octanol–water partition coefficient (Wildman–Crippen LogP) is 4.40. The molecule has 1 N–H and O–H groups in total. The van der Waals surface area contributed by atoms with Gasteiger partial charge in [-0.05, 0) is 68.4 Å². The molecule has 2 heterocycles. The molecule has 0 spiro atoms. The van der Waals surface area contributed by atoms with E-state index >= 15 is 0 Å². The third-order valence-corrected chi connectivity index (χ3v) is 9.63. The zero-order valence-corrected chi connectivity index (χ0v) is 21.6. The first-order chi connectivity index (χ1) is 16.2. The van der Waals surface area contributed by atoms with Crippen LogP contribution in [0.2, 0.25) is 0 Å². The maximum Gasteiger partial charge on any atom is 0.243 e. The first kappa shape index (κ1) is 24.5. The second-order valence-electron chi connectivity index (χ2n) is 8.92. The number of rotatable bonds is 6. The molecule has 1 aromatic heterocycles. The van der Waals surface area contributed by atoms with Crippen LogP contribution in [0, 0.1) is 33.6 Å². The highest BCUT2D eigenvalue weighted by Crippen LogP contribution is 2.31. The van der Waals surface area contributed by atoms with Crippen molar-refractivity contribution < 1.29 is 13.2 Å². The van der Waals surface area contributed by atoms with Crippen LogP contribution in [0.5, 0.6) is 0 Å². The number of amides is 1. The van der Waals surface area contributed by atoms with Crippen molar-refractivity contribution >= 4 is 32.4 Å². The number of carbonyl (C=O) groups excluding carboxylic acids is 1. The molecule has 3 aromatic rings. The van der Waals surface area contributed by atoms with Gasteiger partial charge in [-0.25, -0.2) is 8.42 Å². The highest BCUT2D eigenvalue weighted by atomic mass is 32.2. The molecule has 34 heavy (non-hydrogen) atoms. The van der Waals surface area contributed by atoms with Crippen LogP contribution in [0.3, 0.4) is 0 Å². The topological polar surface area (TPSA) is 92.3 Å². The second kappa shape index (κ2) is 9.93. The minimum absolute atomic E-state index is 0.127. The van der Waals surface area contributed by atoms with Crippen molar-refractivity contribution in [3.05, 3.63) is 69.2 Å². The lowest BCUT2D eigenvalue weighted by atomic mass is 9.97. The molecule has 0 radical (unpaired) electrons. The quantitative estimate of drug-likeness (QED) is 0.544. The number of anilines is 1. The number of nitrogens with zero attached hydrogens (tertiary/aromatic N) is 3. The zero-order valence-electron chi connectivity index (χ0n) is 20.0. The molecule has 0 aliphatic carbocycles. The smallest absolute Gasteiger partial charge is 0.243 e. The summed E-state index contributed by atoms with van der Waals surface area (Å²) in [6.45, 7) is 8.25. The number of hydrogen-bond donors (Lipinski definition) is 1. The third-order valence-electron chi connectivity index (χ3n) is 6.61. The Bertz CT molecular complexity index is 1270. The minimum Gasteiger partial charge on any atom is -0.300 e. The summed E-state index contributed by atoms with van der Waals surface area (Å²) in [5.41, 5.74) is 4.68. The molecule has 1 saturated heterocycles. The van der Waals surface area contributed by atoms with Crippen LogP contribution in [0.25, 0.3) is 0 Å². The second-order valence-corrected chi connectivity index (χ2v) is 11.9. The summed E-state index contributed by atoms with van der Waals surface area (Å²) in [4.78, 5) is 13.2. The van der Waals surface area contributed by atoms with Gasteiger partial charge in [-0.3, -0.25) is 4.79 Å². The van der Waals surface area contributed by atoms with E-state index in [0.29, 0.717) is 42.4 Å². The molecular weight excluding hydrogens is 468 g/mol. The van der Waals surface area contributed by atoms with Crippen molar-refractivity contribution in [2.45, 2.75) is 51.9 Å². The Morgan fingerprint density at radius 1 is 1.03 bits per heavy atom. The molecule has 1 aliphatic rings. The SMILES string of the molecule is Cc1cc(C)c(C)c(S(=O)(=O)N2CCC(C(=O)Nc3nnc(Cc4ccccc4)s3)CC2)c1C. The van der Waals surface area contributed by atoms with Crippen LogP contribution < -0.4 is 5.32 Å². The van der Waals surface area contributed by atoms with Crippen molar-refractivity contribution in [3.8, 4) is 0 Å². The fourth-order valence-electron chi connectivity index (χ4n) is 4.41. The van der Waals surface area contributed by atoms with Gasteiger partial charge in [0.05, 0.1) is 4.90 Å². The number of nitrogens with one attached hydrogen (secondary N) is 1. The van der Waals surface area contributed by atoms with Gasteiger partial charge >= 0.3 is 0 Å². The van der Waals surface area contributed by atoms with Gasteiger partial charge in [0.15, 0.2) is 0 Å². The number of aryl methyl sites for hydroxylation is 2. The molecule has 4 rings (SSSR count). The van der Waals surface area contributed by atoms with Gasteiger partial charge in [0, 0.05) is 25.4 Å². The highest BCUT2D eigenvalue weighted by molar-refractivity contribution is 7.89. The summed E-state index contributed by atoms with van der Waals surface area (Å²) in [6.07, 6.45) is 1.62. The summed E-state index contributed by atoms with van der Waals surface area (Å²) < 4.78 is 28.4. The zero-order chi connectivity index (χ0) is 24.5. The number of aromatic nitrogens is 2. The molecule has 0 bridgehead atoms. The summed E-state index contributed by atoms with van der Waals surface area (Å²) >= 11 is 1.37. The van der Waals surface area contributed by atoms with Crippen LogP contribution in [0.15, 0.2) is 41.3 Å². The van der Waals surface area contributed by atoms with E-state index in [0.717, 1.165) is 32.8 Å². The summed E-state index contributed by atoms with van der Waals surface area (Å²) in [6, 6.07) is 12.0. The maximum atomic E-state index is 13.5. The molecule has 1 aliphatic heterocycles. The van der Waals surface area contributed by atoms with E-state index < -0.39 is 10.0 Å². The van der Waals surface area contributed by atoms with Crippen molar-refractivity contribution in [1.29, 1.82) is 0 Å². The van der Waals surface area contributed by atoms with E-state index in [9.17, 15) is 13.2 Å². The van der Waals surface area contributed by atoms with Crippen molar-refractivity contribution in [2.75, 3.05) is 18.4 Å². The Morgan fingerprint density at radius 2 is 1.65 bits per heavy atom. The van der Waals surface area contributed by atoms with E-state index in [1.807, 2.05) is 64.1 Å². The van der Waals surface area contributed by atoms with Crippen LogP contribution in [0.1, 0.15) is 45.7 Å². The lowest BCUT2D eigenvalue weighted by Crippen LogP contribution is -2.41. The highest BCUT2D eigenvalue weighted by Gasteiger charge is 2.34. The Balaban J connectivity index is 1.38. The Morgan fingerprint density at radius 3 is 2.26 bits per heavy atom. The number of benzene rings is 2. The minimum atomic E-state index is -3.62. The van der Waals surface area contributed by atoms with E-state index in [2.05, 4.69) is 15.5 Å². The normalized spacial score (nSPS) is 15.4. The largest absolute Gasteiger partial charge is 0.300 e. The molecular formula is C25H30N4O3S2. The molecule has 9 heteroatoms. The van der Waals surface area contributed by atoms with Gasteiger partial charge in [0.2, 0.25) is 21.1 Å². The average molecular weight is 499 g/mol. The van der Waals surface area contributed by atoms with Crippen LogP contribution >= 0.6 is 11.3 Å². The van der Waals surface area contributed by atoms with Crippen molar-refractivity contribution in [3.63, 3.8) is 0 Å². The Labute approximate surface area is 205 Å². The average Bonchev–Trinajstić information content (AvgIpc) is 3.25. The Kier molecular flexibility index (Phi) is 7.16. The Hall–Kier alpha value is -2.62. The van der Waals surface area contributed by atoms with Gasteiger partial charge in [0.25, 0.3) is 0 Å². The number of piperidine rings is 1. The monoisotopic (exact) mass is 498 g/mol. The number of hydrogen-bond acceptors (Lipinski definition) is 6. The number of carbonyl (C=O) groups is 1. The first-order valence-electron chi connectivity index (χ1n) is 11.4. The van der Waals surface area contributed by atoms with Crippen LogP contribution in [-0.4, -0.2) is 41.9 Å². The summed E-state index contributed by atoms with van der Waals surface area (Å²) in [7, 11) is -3.62. The van der Waals surface area contributed by atoms with Gasteiger partial charge in [-0.2, -0.15) is 4.31 Å². The molecule has 180 valence electrons. The van der Waals surface area contributed by atoms with Crippen LogP contribution in [0.4, 0.5) is 5.13 Å². The molecule has 0 atom stereocenters. The molecule has 0 unspecified atom stereocenters. The lowest BCUT2D eigenvalue weighted by molar-refractivity contribution is -0.120. The fraction of sp³-hybridized carbons (Fsp3) is 0.400. The molecule has 7 nitrogen and oxygen atoms in total. The van der Waals surface area contributed by atoms with Gasteiger partial charge in [0.1, 0.15) is 5.01 Å². The van der Waals surface area contributed by atoms with Crippen LogP contribution in [-0.2, 0) is 21.2 Å². The van der Waals surface area contributed by atoms with Crippen molar-refractivity contribution in [1.82, 2.24) is 14.5 Å².